The van der Waals surface area contributed by atoms with E-state index in [-0.39, 0.29) is 43.3 Å². The summed E-state index contributed by atoms with van der Waals surface area (Å²) in [6.07, 6.45) is 10.3. The SMILES string of the molecule is CN(C)CCCNCCCNCCC(=O)OCCCCCOC(=O)CCN(CCCO)CCC(=O)OCCCCCOC(=O)CCNCCCNCCCN(C)C. The molecule has 0 aliphatic heterocycles. The van der Waals surface area contributed by atoms with Crippen LogP contribution < -0.4 is 21.3 Å². The fourth-order valence-electron chi connectivity index (χ4n) is 5.52. The second-order valence-electron chi connectivity index (χ2n) is 14.9. The third-order valence-corrected chi connectivity index (χ3v) is 8.87. The van der Waals surface area contributed by atoms with Crippen molar-refractivity contribution < 1.29 is 43.2 Å². The molecule has 0 saturated heterocycles. The van der Waals surface area contributed by atoms with Crippen LogP contribution in [0, 0.1) is 0 Å². The lowest BCUT2D eigenvalue weighted by molar-refractivity contribution is -0.145. The molecule has 0 aromatic carbocycles. The zero-order chi connectivity index (χ0) is 42.0. The van der Waals surface area contributed by atoms with Crippen molar-refractivity contribution in [3.05, 3.63) is 0 Å². The molecule has 0 amide bonds. The quantitative estimate of drug-likeness (QED) is 0.0341. The minimum atomic E-state index is -0.307. The highest BCUT2D eigenvalue weighted by Crippen LogP contribution is 2.04. The molecule has 0 spiro atoms. The van der Waals surface area contributed by atoms with Crippen molar-refractivity contribution in [2.45, 2.75) is 96.3 Å². The Morgan fingerprint density at radius 2 is 0.719 bits per heavy atom. The van der Waals surface area contributed by atoms with Crippen molar-refractivity contribution >= 4 is 23.9 Å². The summed E-state index contributed by atoms with van der Waals surface area (Å²) in [4.78, 5) is 54.8. The second-order valence-corrected chi connectivity index (χ2v) is 14.9. The van der Waals surface area contributed by atoms with E-state index >= 15 is 0 Å². The molecule has 0 radical (unpaired) electrons. The summed E-state index contributed by atoms with van der Waals surface area (Å²) < 4.78 is 21.3. The average Bonchev–Trinajstić information content (AvgIpc) is 3.17. The topological polar surface area (TPSA) is 183 Å². The van der Waals surface area contributed by atoms with Gasteiger partial charge in [0.05, 0.1) is 52.1 Å². The van der Waals surface area contributed by atoms with Gasteiger partial charge in [-0.3, -0.25) is 19.2 Å². The number of ether oxygens (including phenoxy) is 4. The van der Waals surface area contributed by atoms with Crippen molar-refractivity contribution in [2.24, 2.45) is 0 Å². The second kappa shape index (κ2) is 41.7. The summed E-state index contributed by atoms with van der Waals surface area (Å²) in [6, 6.07) is 0. The molecule has 0 unspecified atom stereocenters. The van der Waals surface area contributed by atoms with Crippen molar-refractivity contribution in [1.82, 2.24) is 36.0 Å². The summed E-state index contributed by atoms with van der Waals surface area (Å²) in [5, 5.41) is 22.7. The number of unbranched alkanes of at least 4 members (excludes halogenated alkanes) is 4. The van der Waals surface area contributed by atoms with E-state index in [9.17, 15) is 24.3 Å². The molecular weight excluding hydrogens is 734 g/mol. The number of carbonyl (C=O) groups excluding carboxylic acids is 4. The number of nitrogens with one attached hydrogen (secondary N) is 4. The monoisotopic (exact) mass is 818 g/mol. The van der Waals surface area contributed by atoms with Crippen LogP contribution in [0.2, 0.25) is 0 Å². The number of esters is 4. The zero-order valence-electron chi connectivity index (χ0n) is 36.4. The van der Waals surface area contributed by atoms with Gasteiger partial charge < -0.3 is 60.0 Å². The molecule has 0 fully saturated rings. The van der Waals surface area contributed by atoms with E-state index in [1.165, 1.54) is 0 Å². The summed E-state index contributed by atoms with van der Waals surface area (Å²) in [7, 11) is 8.31. The van der Waals surface area contributed by atoms with E-state index in [1.807, 2.05) is 4.90 Å². The standard InChI is InChI=1S/C41H83N7O9/c1-46(2)28-13-24-42-20-11-22-44-26-16-38(50)54-34-7-5-9-36-56-40(52)18-31-48(30-15-33-49)32-19-41(53)57-37-10-6-8-35-55-39(51)17-27-45-23-12-21-43-25-14-29-47(3)4/h42-45,49H,5-37H2,1-4H3. The summed E-state index contributed by atoms with van der Waals surface area (Å²) in [5.41, 5.74) is 0. The van der Waals surface area contributed by atoms with Crippen molar-refractivity contribution in [2.75, 3.05) is 146 Å². The third kappa shape index (κ3) is 43.0. The number of aliphatic hydroxyl groups excluding tert-OH is 1. The van der Waals surface area contributed by atoms with Crippen LogP contribution in [-0.2, 0) is 38.1 Å². The van der Waals surface area contributed by atoms with Gasteiger partial charge in [0.2, 0.25) is 0 Å². The first kappa shape index (κ1) is 54.6. The molecular formula is C41H83N7O9. The lowest BCUT2D eigenvalue weighted by atomic mass is 10.2. The van der Waals surface area contributed by atoms with Crippen LogP contribution in [-0.4, -0.2) is 190 Å². The van der Waals surface area contributed by atoms with Gasteiger partial charge in [-0.25, -0.2) is 0 Å². The molecule has 0 saturated carbocycles. The number of aliphatic hydroxyl groups is 1. The Morgan fingerprint density at radius 1 is 0.386 bits per heavy atom. The van der Waals surface area contributed by atoms with E-state index in [2.05, 4.69) is 59.3 Å². The van der Waals surface area contributed by atoms with Gasteiger partial charge in [0.25, 0.3) is 0 Å². The Hall–Kier alpha value is -2.44. The van der Waals surface area contributed by atoms with Gasteiger partial charge in [0, 0.05) is 39.3 Å². The van der Waals surface area contributed by atoms with Gasteiger partial charge >= 0.3 is 23.9 Å². The zero-order valence-corrected chi connectivity index (χ0v) is 36.4. The Balaban J connectivity index is 3.76. The molecule has 0 aliphatic rings. The van der Waals surface area contributed by atoms with Gasteiger partial charge in [-0.1, -0.05) is 0 Å². The van der Waals surface area contributed by atoms with Crippen molar-refractivity contribution in [1.29, 1.82) is 0 Å². The molecule has 0 aromatic rings. The molecule has 16 nitrogen and oxygen atoms in total. The molecule has 16 heteroatoms. The van der Waals surface area contributed by atoms with Crippen LogP contribution >= 0.6 is 0 Å². The number of hydrogen-bond donors (Lipinski definition) is 5. The predicted octanol–water partition coefficient (Wildman–Crippen LogP) is 1.79. The molecule has 0 bridgehead atoms. The van der Waals surface area contributed by atoms with E-state index in [0.29, 0.717) is 104 Å². The van der Waals surface area contributed by atoms with Crippen LogP contribution in [0.15, 0.2) is 0 Å². The van der Waals surface area contributed by atoms with Crippen molar-refractivity contribution in [3.63, 3.8) is 0 Å². The van der Waals surface area contributed by atoms with E-state index in [1.54, 1.807) is 0 Å². The number of hydrogen-bond acceptors (Lipinski definition) is 16. The largest absolute Gasteiger partial charge is 0.466 e. The molecule has 57 heavy (non-hydrogen) atoms. The Kier molecular flexibility index (Phi) is 39.9. The summed E-state index contributed by atoms with van der Waals surface area (Å²) in [6.45, 7) is 11.8. The highest BCUT2D eigenvalue weighted by molar-refractivity contribution is 5.70. The fourth-order valence-corrected chi connectivity index (χ4v) is 5.52. The first-order valence-electron chi connectivity index (χ1n) is 21.7. The van der Waals surface area contributed by atoms with Crippen LogP contribution in [0.5, 0.6) is 0 Å². The summed E-state index contributed by atoms with van der Waals surface area (Å²) in [5.74, 6) is -1.03. The summed E-state index contributed by atoms with van der Waals surface area (Å²) >= 11 is 0. The number of nitrogens with zero attached hydrogens (tertiary/aromatic N) is 3. The minimum Gasteiger partial charge on any atom is -0.466 e. The van der Waals surface area contributed by atoms with Gasteiger partial charge in [-0.2, -0.15) is 0 Å². The number of rotatable bonds is 43. The lowest BCUT2D eigenvalue weighted by Gasteiger charge is -2.21. The highest BCUT2D eigenvalue weighted by Gasteiger charge is 2.13. The normalized spacial score (nSPS) is 11.4. The molecule has 0 aliphatic carbocycles. The maximum Gasteiger partial charge on any atom is 0.307 e. The molecule has 336 valence electrons. The van der Waals surface area contributed by atoms with Gasteiger partial charge in [0.15, 0.2) is 0 Å². The van der Waals surface area contributed by atoms with E-state index in [0.717, 1.165) is 90.9 Å². The predicted molar refractivity (Wildman–Crippen MR) is 225 cm³/mol. The molecule has 0 aromatic heterocycles. The molecule has 0 rings (SSSR count). The van der Waals surface area contributed by atoms with Gasteiger partial charge in [-0.15, -0.1) is 0 Å². The van der Waals surface area contributed by atoms with Crippen LogP contribution in [0.25, 0.3) is 0 Å². The highest BCUT2D eigenvalue weighted by atomic mass is 16.5. The molecule has 5 N–H and O–H groups in total. The van der Waals surface area contributed by atoms with E-state index in [4.69, 9.17) is 18.9 Å². The van der Waals surface area contributed by atoms with Crippen LogP contribution in [0.1, 0.15) is 96.3 Å². The average molecular weight is 818 g/mol. The first-order chi connectivity index (χ1) is 27.6. The van der Waals surface area contributed by atoms with E-state index < -0.39 is 0 Å². The number of carbonyl (C=O) groups is 4. The lowest BCUT2D eigenvalue weighted by Crippen LogP contribution is -2.31. The first-order valence-corrected chi connectivity index (χ1v) is 21.7. The van der Waals surface area contributed by atoms with Crippen LogP contribution in [0.4, 0.5) is 0 Å². The smallest absolute Gasteiger partial charge is 0.307 e. The fraction of sp³-hybridized carbons (Fsp3) is 0.902. The van der Waals surface area contributed by atoms with Crippen molar-refractivity contribution in [3.8, 4) is 0 Å². The maximum atomic E-state index is 12.3. The van der Waals surface area contributed by atoms with Gasteiger partial charge in [0.1, 0.15) is 0 Å². The Labute approximate surface area is 345 Å². The Morgan fingerprint density at radius 3 is 1.07 bits per heavy atom. The van der Waals surface area contributed by atoms with Crippen LogP contribution in [0.3, 0.4) is 0 Å². The third-order valence-electron chi connectivity index (χ3n) is 8.87. The minimum absolute atomic E-state index is 0.0232. The molecule has 0 atom stereocenters. The molecule has 0 heterocycles. The van der Waals surface area contributed by atoms with Gasteiger partial charge in [-0.05, 0) is 151 Å². The Bertz CT molecular complexity index is 894. The maximum absolute atomic E-state index is 12.3.